The van der Waals surface area contributed by atoms with Crippen LogP contribution >= 0.6 is 11.6 Å². The predicted molar refractivity (Wildman–Crippen MR) is 91.0 cm³/mol. The molecule has 0 N–H and O–H groups in total. The molecule has 0 unspecified atom stereocenters. The molecule has 0 saturated carbocycles. The molecular weight excluding hydrogens is 332 g/mol. The van der Waals surface area contributed by atoms with Gasteiger partial charge in [0.2, 0.25) is 10.0 Å². The normalized spacial score (nSPS) is 20.1. The van der Waals surface area contributed by atoms with Crippen LogP contribution < -0.4 is 0 Å². The van der Waals surface area contributed by atoms with E-state index in [0.29, 0.717) is 18.1 Å². The summed E-state index contributed by atoms with van der Waals surface area (Å²) in [5, 5.41) is 0.696. The lowest BCUT2D eigenvalue weighted by Gasteiger charge is -2.24. The third kappa shape index (κ3) is 3.74. The molecule has 1 fully saturated rings. The molecule has 1 saturated heterocycles. The zero-order valence-corrected chi connectivity index (χ0v) is 14.3. The van der Waals surface area contributed by atoms with Crippen LogP contribution in [0.4, 0.5) is 0 Å². The third-order valence-electron chi connectivity index (χ3n) is 4.25. The maximum absolute atomic E-state index is 12.8. The predicted octanol–water partition coefficient (Wildman–Crippen LogP) is 3.69. The Bertz CT molecular complexity index is 748. The van der Waals surface area contributed by atoms with E-state index in [-0.39, 0.29) is 10.8 Å². The van der Waals surface area contributed by atoms with Crippen molar-refractivity contribution in [2.75, 3.05) is 13.1 Å². The maximum Gasteiger partial charge on any atom is 0.244 e. The van der Waals surface area contributed by atoms with Gasteiger partial charge in [-0.3, -0.25) is 4.98 Å². The third-order valence-corrected chi connectivity index (χ3v) is 6.35. The Balaban J connectivity index is 1.86. The fourth-order valence-corrected chi connectivity index (χ4v) is 4.60. The summed E-state index contributed by atoms with van der Waals surface area (Å²) < 4.78 is 27.3. The number of nitrogens with zero attached hydrogens (tertiary/aromatic N) is 2. The van der Waals surface area contributed by atoms with Crippen molar-refractivity contribution in [1.82, 2.24) is 9.29 Å². The number of hydrogen-bond donors (Lipinski definition) is 0. The summed E-state index contributed by atoms with van der Waals surface area (Å²) in [6, 6.07) is 11.0. The van der Waals surface area contributed by atoms with Gasteiger partial charge in [-0.25, -0.2) is 8.42 Å². The maximum atomic E-state index is 12.8. The molecule has 1 aliphatic rings. The van der Waals surface area contributed by atoms with Gasteiger partial charge in [0.25, 0.3) is 0 Å². The molecule has 23 heavy (non-hydrogen) atoms. The first-order chi connectivity index (χ1) is 11.1. The molecule has 2 heterocycles. The van der Waals surface area contributed by atoms with E-state index in [1.54, 1.807) is 22.6 Å². The van der Waals surface area contributed by atoms with Crippen molar-refractivity contribution in [3.8, 4) is 0 Å². The highest BCUT2D eigenvalue weighted by Crippen LogP contribution is 2.30. The largest absolute Gasteiger partial charge is 0.263 e. The lowest BCUT2D eigenvalue weighted by molar-refractivity contribution is 0.406. The first-order valence-electron chi connectivity index (χ1n) is 7.73. The van der Waals surface area contributed by atoms with Crippen LogP contribution in [-0.4, -0.2) is 30.8 Å². The Labute approximate surface area is 142 Å². The molecular formula is C17H19ClN2O2S. The van der Waals surface area contributed by atoms with Crippen molar-refractivity contribution in [3.63, 3.8) is 0 Å². The standard InChI is InChI=1S/C17H19ClN2O2S/c18-16-8-6-14(7-9-16)15-4-1-2-11-20(13-15)23(21,22)17-5-3-10-19-12-17/h3,5-10,12,15H,1-2,4,11,13H2/t15-/m1/s1. The topological polar surface area (TPSA) is 50.3 Å². The summed E-state index contributed by atoms with van der Waals surface area (Å²) in [4.78, 5) is 4.20. The van der Waals surface area contributed by atoms with Crippen LogP contribution in [0.5, 0.6) is 0 Å². The number of benzene rings is 1. The van der Waals surface area contributed by atoms with Crippen molar-refractivity contribution in [2.45, 2.75) is 30.1 Å². The molecule has 3 rings (SSSR count). The van der Waals surface area contributed by atoms with Gasteiger partial charge >= 0.3 is 0 Å². The van der Waals surface area contributed by atoms with Crippen LogP contribution in [0.15, 0.2) is 53.7 Å². The molecule has 0 aliphatic carbocycles. The van der Waals surface area contributed by atoms with Crippen molar-refractivity contribution in [2.24, 2.45) is 0 Å². The van der Waals surface area contributed by atoms with E-state index in [2.05, 4.69) is 4.98 Å². The SMILES string of the molecule is O=S(=O)(c1cccnc1)N1CCCC[C@@H](c2ccc(Cl)cc2)C1. The van der Waals surface area contributed by atoms with Crippen molar-refractivity contribution < 1.29 is 8.42 Å². The highest BCUT2D eigenvalue weighted by molar-refractivity contribution is 7.89. The van der Waals surface area contributed by atoms with E-state index in [1.807, 2.05) is 24.3 Å². The molecule has 6 heteroatoms. The summed E-state index contributed by atoms with van der Waals surface area (Å²) >= 11 is 5.95. The van der Waals surface area contributed by atoms with E-state index in [1.165, 1.54) is 6.20 Å². The minimum Gasteiger partial charge on any atom is -0.263 e. The van der Waals surface area contributed by atoms with Crippen LogP contribution in [0.3, 0.4) is 0 Å². The zero-order valence-electron chi connectivity index (χ0n) is 12.7. The van der Waals surface area contributed by atoms with Crippen molar-refractivity contribution in [1.29, 1.82) is 0 Å². The molecule has 4 nitrogen and oxygen atoms in total. The van der Waals surface area contributed by atoms with E-state index in [4.69, 9.17) is 11.6 Å². The minimum absolute atomic E-state index is 0.196. The summed E-state index contributed by atoms with van der Waals surface area (Å²) in [5.41, 5.74) is 1.14. The fraction of sp³-hybridized carbons (Fsp3) is 0.353. The monoisotopic (exact) mass is 350 g/mol. The van der Waals surface area contributed by atoms with E-state index in [0.717, 1.165) is 24.8 Å². The van der Waals surface area contributed by atoms with Gasteiger partial charge in [-0.15, -0.1) is 0 Å². The molecule has 1 aromatic heterocycles. The van der Waals surface area contributed by atoms with E-state index < -0.39 is 10.0 Å². The van der Waals surface area contributed by atoms with Gasteiger partial charge in [-0.1, -0.05) is 30.2 Å². The Morgan fingerprint density at radius 1 is 1.13 bits per heavy atom. The molecule has 1 aromatic carbocycles. The zero-order chi connectivity index (χ0) is 16.3. The number of aromatic nitrogens is 1. The molecule has 0 amide bonds. The average molecular weight is 351 g/mol. The van der Waals surface area contributed by atoms with Crippen LogP contribution in [0, 0.1) is 0 Å². The van der Waals surface area contributed by atoms with Gasteiger partial charge < -0.3 is 0 Å². The van der Waals surface area contributed by atoms with Gasteiger partial charge in [-0.05, 0) is 48.6 Å². The Morgan fingerprint density at radius 2 is 1.91 bits per heavy atom. The summed E-state index contributed by atoms with van der Waals surface area (Å²) in [6.45, 7) is 1.06. The van der Waals surface area contributed by atoms with Gasteiger partial charge in [0, 0.05) is 30.5 Å². The lowest BCUT2D eigenvalue weighted by Crippen LogP contribution is -2.34. The highest BCUT2D eigenvalue weighted by atomic mass is 35.5. The first kappa shape index (κ1) is 16.4. The number of pyridine rings is 1. The number of sulfonamides is 1. The quantitative estimate of drug-likeness (QED) is 0.848. The van der Waals surface area contributed by atoms with Crippen molar-refractivity contribution in [3.05, 3.63) is 59.4 Å². The Morgan fingerprint density at radius 3 is 2.61 bits per heavy atom. The number of rotatable bonds is 3. The Hall–Kier alpha value is -1.43. The van der Waals surface area contributed by atoms with Crippen LogP contribution in [0.25, 0.3) is 0 Å². The van der Waals surface area contributed by atoms with Gasteiger partial charge in [0.15, 0.2) is 0 Å². The van der Waals surface area contributed by atoms with Crippen LogP contribution in [-0.2, 0) is 10.0 Å². The first-order valence-corrected chi connectivity index (χ1v) is 9.55. The Kier molecular flexibility index (Phi) is 4.99. The fourth-order valence-electron chi connectivity index (χ4n) is 2.98. The second-order valence-corrected chi connectivity index (χ2v) is 8.17. The van der Waals surface area contributed by atoms with E-state index in [9.17, 15) is 8.42 Å². The molecule has 1 aliphatic heterocycles. The summed E-state index contributed by atoms with van der Waals surface area (Å²) in [6.07, 6.45) is 5.88. The highest BCUT2D eigenvalue weighted by Gasteiger charge is 2.29. The second-order valence-electron chi connectivity index (χ2n) is 5.80. The molecule has 2 aromatic rings. The molecule has 122 valence electrons. The minimum atomic E-state index is -3.49. The van der Waals surface area contributed by atoms with E-state index >= 15 is 0 Å². The van der Waals surface area contributed by atoms with Crippen LogP contribution in [0.1, 0.15) is 30.7 Å². The summed E-state index contributed by atoms with van der Waals surface area (Å²) in [5.74, 6) is 0.196. The number of halogens is 1. The summed E-state index contributed by atoms with van der Waals surface area (Å²) in [7, 11) is -3.49. The second kappa shape index (κ2) is 6.99. The van der Waals surface area contributed by atoms with Gasteiger partial charge in [0.05, 0.1) is 0 Å². The number of hydrogen-bond acceptors (Lipinski definition) is 3. The molecule has 0 radical (unpaired) electrons. The smallest absolute Gasteiger partial charge is 0.244 e. The van der Waals surface area contributed by atoms with Gasteiger partial charge in [0.1, 0.15) is 4.90 Å². The lowest BCUT2D eigenvalue weighted by atomic mass is 9.95. The van der Waals surface area contributed by atoms with Crippen molar-refractivity contribution >= 4 is 21.6 Å². The average Bonchev–Trinajstić information content (AvgIpc) is 2.83. The molecule has 1 atom stereocenters. The van der Waals surface area contributed by atoms with Gasteiger partial charge in [-0.2, -0.15) is 4.31 Å². The molecule has 0 spiro atoms. The van der Waals surface area contributed by atoms with Crippen LogP contribution in [0.2, 0.25) is 5.02 Å². The molecule has 0 bridgehead atoms.